The Bertz CT molecular complexity index is 904. The summed E-state index contributed by atoms with van der Waals surface area (Å²) in [7, 11) is 0. The fraction of sp³-hybridized carbons (Fsp3) is 0.176. The molecule has 8 heteroatoms. The van der Waals surface area contributed by atoms with Crippen LogP contribution in [0.15, 0.2) is 36.2 Å². The van der Waals surface area contributed by atoms with Gasteiger partial charge in [-0.05, 0) is 69.8 Å². The third-order valence-electron chi connectivity index (χ3n) is 3.83. The molecule has 0 radical (unpaired) electrons. The monoisotopic (exact) mass is 560 g/mol. The van der Waals surface area contributed by atoms with E-state index in [1.165, 1.54) is 0 Å². The number of halogens is 2. The summed E-state index contributed by atoms with van der Waals surface area (Å²) in [6, 6.07) is 6.18. The molecule has 1 aliphatic rings. The number of hydrogen-bond acceptors (Lipinski definition) is 5. The summed E-state index contributed by atoms with van der Waals surface area (Å²) in [6.07, 6.45) is 1.71. The highest BCUT2D eigenvalue weighted by atomic mass is 127. The van der Waals surface area contributed by atoms with Crippen molar-refractivity contribution in [2.45, 2.75) is 12.8 Å². The van der Waals surface area contributed by atoms with Crippen LogP contribution in [0.3, 0.4) is 0 Å². The molecule has 0 fully saturated rings. The fourth-order valence-corrected chi connectivity index (χ4v) is 4.89. The number of nitrogens with one attached hydrogen (secondary N) is 1. The lowest BCUT2D eigenvalue weighted by Gasteiger charge is -2.24. The number of benzene rings is 1. The molecular formula is C17H14I2N4O2. The van der Waals surface area contributed by atoms with E-state index in [0.717, 1.165) is 29.7 Å². The Morgan fingerprint density at radius 3 is 2.76 bits per heavy atom. The molecule has 0 saturated heterocycles. The van der Waals surface area contributed by atoms with Gasteiger partial charge in [0.1, 0.15) is 24.0 Å². The van der Waals surface area contributed by atoms with Crippen LogP contribution < -0.4 is 15.2 Å². The molecule has 2 heterocycles. The molecule has 1 aromatic heterocycles. The van der Waals surface area contributed by atoms with Crippen LogP contribution in [0, 0.1) is 25.4 Å². The summed E-state index contributed by atoms with van der Waals surface area (Å²) < 4.78 is 13.1. The third kappa shape index (κ3) is 3.22. The van der Waals surface area contributed by atoms with E-state index in [1.54, 1.807) is 6.08 Å². The lowest BCUT2D eigenvalue weighted by Crippen LogP contribution is -2.21. The Morgan fingerprint density at radius 1 is 1.48 bits per heavy atom. The number of nitrogens with zero attached hydrogens (tertiary/aromatic N) is 2. The van der Waals surface area contributed by atoms with Gasteiger partial charge in [-0.3, -0.25) is 5.10 Å². The molecule has 1 aromatic carbocycles. The average Bonchev–Trinajstić information content (AvgIpc) is 2.93. The normalized spacial score (nSPS) is 16.0. The van der Waals surface area contributed by atoms with Gasteiger partial charge in [-0.25, -0.2) is 0 Å². The molecule has 1 atom stereocenters. The second-order valence-corrected chi connectivity index (χ2v) is 7.73. The Labute approximate surface area is 172 Å². The minimum absolute atomic E-state index is 0.0866. The van der Waals surface area contributed by atoms with E-state index in [2.05, 4.69) is 68.0 Å². The molecule has 0 spiro atoms. The summed E-state index contributed by atoms with van der Waals surface area (Å²) in [6.45, 7) is 6.01. The number of rotatable bonds is 4. The largest absolute Gasteiger partial charge is 0.487 e. The van der Waals surface area contributed by atoms with Crippen molar-refractivity contribution in [3.05, 3.63) is 60.2 Å². The maximum atomic E-state index is 9.62. The quantitative estimate of drug-likeness (QED) is 0.440. The molecule has 0 amide bonds. The van der Waals surface area contributed by atoms with Crippen LogP contribution in [-0.2, 0) is 0 Å². The van der Waals surface area contributed by atoms with E-state index in [4.69, 9.17) is 15.2 Å². The summed E-state index contributed by atoms with van der Waals surface area (Å²) in [5.74, 6) is 0.971. The number of nitrogens with two attached hydrogens (primary N) is 1. The number of hydrogen-bond donors (Lipinski definition) is 2. The minimum atomic E-state index is -0.331. The molecule has 1 aliphatic heterocycles. The number of ether oxygens (including phenoxy) is 2. The first-order valence-corrected chi connectivity index (χ1v) is 9.48. The molecule has 6 nitrogen and oxygen atoms in total. The average molecular weight is 560 g/mol. The van der Waals surface area contributed by atoms with Crippen molar-refractivity contribution in [3.63, 3.8) is 0 Å². The molecule has 3 N–H and O–H groups in total. The molecule has 0 aliphatic carbocycles. The van der Waals surface area contributed by atoms with Crippen LogP contribution in [0.1, 0.15) is 22.7 Å². The minimum Gasteiger partial charge on any atom is -0.487 e. The van der Waals surface area contributed by atoms with Crippen molar-refractivity contribution in [3.8, 4) is 17.7 Å². The number of allylic oxidation sites excluding steroid dienone is 1. The highest BCUT2D eigenvalue weighted by Crippen LogP contribution is 2.44. The van der Waals surface area contributed by atoms with Crippen molar-refractivity contribution in [1.29, 1.82) is 5.26 Å². The predicted octanol–water partition coefficient (Wildman–Crippen LogP) is 3.71. The summed E-state index contributed by atoms with van der Waals surface area (Å²) >= 11 is 4.46. The number of H-pyrrole nitrogens is 1. The van der Waals surface area contributed by atoms with Crippen LogP contribution in [-0.4, -0.2) is 16.8 Å². The molecule has 2 aromatic rings. The SMILES string of the molecule is C=CCOc1c(I)cc([C@H]2C(C#N)=C(N)Oc3n[nH]c(C)c32)cc1I. The second-order valence-electron chi connectivity index (χ2n) is 5.41. The first kappa shape index (κ1) is 18.1. The molecule has 0 bridgehead atoms. The molecule has 128 valence electrons. The zero-order chi connectivity index (χ0) is 18.1. The Morgan fingerprint density at radius 2 is 2.16 bits per heavy atom. The third-order valence-corrected chi connectivity index (χ3v) is 5.43. The zero-order valence-electron chi connectivity index (χ0n) is 13.3. The van der Waals surface area contributed by atoms with E-state index in [-0.39, 0.29) is 11.8 Å². The second kappa shape index (κ2) is 7.25. The number of aromatic amines is 1. The molecule has 25 heavy (non-hydrogen) atoms. The highest BCUT2D eigenvalue weighted by Gasteiger charge is 2.34. The van der Waals surface area contributed by atoms with Crippen LogP contribution in [0.4, 0.5) is 0 Å². The highest BCUT2D eigenvalue weighted by molar-refractivity contribution is 14.1. The molecule has 3 rings (SSSR count). The van der Waals surface area contributed by atoms with E-state index < -0.39 is 0 Å². The predicted molar refractivity (Wildman–Crippen MR) is 110 cm³/mol. The number of fused-ring (bicyclic) bond motifs is 1. The van der Waals surface area contributed by atoms with Gasteiger partial charge in [0.15, 0.2) is 0 Å². The Balaban J connectivity index is 2.16. The van der Waals surface area contributed by atoms with Gasteiger partial charge in [0.25, 0.3) is 0 Å². The van der Waals surface area contributed by atoms with E-state index in [0.29, 0.717) is 18.1 Å². The lowest BCUT2D eigenvalue weighted by atomic mass is 9.84. The van der Waals surface area contributed by atoms with Crippen molar-refractivity contribution >= 4 is 45.2 Å². The number of aromatic nitrogens is 2. The fourth-order valence-electron chi connectivity index (χ4n) is 2.76. The maximum absolute atomic E-state index is 9.62. The van der Waals surface area contributed by atoms with Gasteiger partial charge in [0, 0.05) is 11.3 Å². The van der Waals surface area contributed by atoms with Crippen molar-refractivity contribution in [1.82, 2.24) is 10.2 Å². The Kier molecular flexibility index (Phi) is 5.24. The topological polar surface area (TPSA) is 96.9 Å². The van der Waals surface area contributed by atoms with Gasteiger partial charge in [0.2, 0.25) is 11.8 Å². The summed E-state index contributed by atoms with van der Waals surface area (Å²) in [5, 5.41) is 16.7. The molecular weight excluding hydrogens is 546 g/mol. The summed E-state index contributed by atoms with van der Waals surface area (Å²) in [4.78, 5) is 0. The van der Waals surface area contributed by atoms with Crippen molar-refractivity contribution in [2.24, 2.45) is 5.73 Å². The Hall–Kier alpha value is -1.74. The maximum Gasteiger partial charge on any atom is 0.244 e. The van der Waals surface area contributed by atoms with Crippen LogP contribution in [0.25, 0.3) is 0 Å². The van der Waals surface area contributed by atoms with Gasteiger partial charge >= 0.3 is 0 Å². The van der Waals surface area contributed by atoms with Crippen LogP contribution in [0.5, 0.6) is 11.6 Å². The number of aryl methyl sites for hydroxylation is 1. The molecule has 0 saturated carbocycles. The summed E-state index contributed by atoms with van der Waals surface area (Å²) in [5.41, 5.74) is 8.95. The van der Waals surface area contributed by atoms with Crippen molar-refractivity contribution < 1.29 is 9.47 Å². The van der Waals surface area contributed by atoms with E-state index in [1.807, 2.05) is 19.1 Å². The van der Waals surface area contributed by atoms with Gasteiger partial charge in [-0.2, -0.15) is 5.26 Å². The lowest BCUT2D eigenvalue weighted by molar-refractivity contribution is 0.357. The first-order valence-electron chi connectivity index (χ1n) is 7.33. The first-order chi connectivity index (χ1) is 12.0. The molecule has 0 unspecified atom stereocenters. The van der Waals surface area contributed by atoms with Gasteiger partial charge < -0.3 is 15.2 Å². The van der Waals surface area contributed by atoms with E-state index >= 15 is 0 Å². The van der Waals surface area contributed by atoms with E-state index in [9.17, 15) is 5.26 Å². The number of nitriles is 1. The van der Waals surface area contributed by atoms with Crippen molar-refractivity contribution in [2.75, 3.05) is 6.61 Å². The van der Waals surface area contributed by atoms with Crippen LogP contribution >= 0.6 is 45.2 Å². The van der Waals surface area contributed by atoms with Crippen LogP contribution in [0.2, 0.25) is 0 Å². The standard InChI is InChI=1S/C17H14I2N4O2/c1-3-4-24-15-11(18)5-9(6-12(15)19)14-10(7-20)16(21)25-17-13(14)8(2)22-23-17/h3,5-6,14H,1,4,21H2,2H3,(H,22,23)/t14-/m0/s1. The van der Waals surface area contributed by atoms with Gasteiger partial charge in [0.05, 0.1) is 13.1 Å². The van der Waals surface area contributed by atoms with Gasteiger partial charge in [-0.15, -0.1) is 5.10 Å². The zero-order valence-corrected chi connectivity index (χ0v) is 17.6. The smallest absolute Gasteiger partial charge is 0.244 e. The van der Waals surface area contributed by atoms with Gasteiger partial charge in [-0.1, -0.05) is 12.7 Å².